The lowest BCUT2D eigenvalue weighted by Gasteiger charge is -2.39. The van der Waals surface area contributed by atoms with Gasteiger partial charge in [0.25, 0.3) is 11.5 Å². The van der Waals surface area contributed by atoms with Crippen LogP contribution in [0.5, 0.6) is 0 Å². The van der Waals surface area contributed by atoms with E-state index < -0.39 is 23.4 Å². The van der Waals surface area contributed by atoms with Crippen LogP contribution in [0.4, 0.5) is 0 Å². The third-order valence-electron chi connectivity index (χ3n) is 5.49. The van der Waals surface area contributed by atoms with E-state index >= 15 is 0 Å². The molecule has 2 fully saturated rings. The van der Waals surface area contributed by atoms with Crippen LogP contribution in [0.1, 0.15) is 28.5 Å². The summed E-state index contributed by atoms with van der Waals surface area (Å²) in [5, 5.41) is 0. The molecule has 2 aliphatic heterocycles. The monoisotopic (exact) mass is 396 g/mol. The average molecular weight is 396 g/mol. The highest BCUT2D eigenvalue weighted by Gasteiger charge is 2.51. The maximum atomic E-state index is 13.0. The highest BCUT2D eigenvalue weighted by Crippen LogP contribution is 2.43. The number of aromatic amines is 1. The summed E-state index contributed by atoms with van der Waals surface area (Å²) in [6, 6.07) is 8.53. The summed E-state index contributed by atoms with van der Waals surface area (Å²) < 4.78 is 4.97. The zero-order valence-electron chi connectivity index (χ0n) is 15.8. The van der Waals surface area contributed by atoms with Crippen molar-refractivity contribution < 1.29 is 19.1 Å². The molecule has 9 heteroatoms. The van der Waals surface area contributed by atoms with Crippen molar-refractivity contribution in [2.75, 3.05) is 20.2 Å². The lowest BCUT2D eigenvalue weighted by Crippen LogP contribution is -2.56. The first-order chi connectivity index (χ1) is 14.0. The molecule has 0 unspecified atom stereocenters. The third-order valence-corrected chi connectivity index (χ3v) is 5.49. The minimum absolute atomic E-state index is 0.178. The number of nitrogens with one attached hydrogen (secondary N) is 1. The van der Waals surface area contributed by atoms with Gasteiger partial charge in [0, 0.05) is 18.9 Å². The smallest absolute Gasteiger partial charge is 0.311 e. The van der Waals surface area contributed by atoms with Gasteiger partial charge in [-0.2, -0.15) is 0 Å². The number of hydrogen-bond donors (Lipinski definition) is 1. The fraction of sp³-hybridized carbons (Fsp3) is 0.350. The van der Waals surface area contributed by atoms with E-state index in [4.69, 9.17) is 4.74 Å². The van der Waals surface area contributed by atoms with E-state index in [1.807, 2.05) is 30.3 Å². The van der Waals surface area contributed by atoms with Crippen LogP contribution in [-0.4, -0.2) is 63.8 Å². The van der Waals surface area contributed by atoms with Crippen LogP contribution in [0, 0.1) is 5.92 Å². The van der Waals surface area contributed by atoms with Gasteiger partial charge in [-0.3, -0.25) is 19.2 Å². The summed E-state index contributed by atoms with van der Waals surface area (Å²) in [4.78, 5) is 59.4. The van der Waals surface area contributed by atoms with Crippen molar-refractivity contribution in [1.29, 1.82) is 0 Å². The average Bonchev–Trinajstić information content (AvgIpc) is 3.14. The molecule has 0 spiro atoms. The van der Waals surface area contributed by atoms with Crippen molar-refractivity contribution >= 4 is 17.8 Å². The number of fused-ring (bicyclic) bond motifs is 1. The van der Waals surface area contributed by atoms with Gasteiger partial charge in [-0.25, -0.2) is 4.98 Å². The van der Waals surface area contributed by atoms with E-state index in [0.29, 0.717) is 6.42 Å². The summed E-state index contributed by atoms with van der Waals surface area (Å²) in [7, 11) is 1.33. The topological polar surface area (TPSA) is 113 Å². The maximum absolute atomic E-state index is 13.0. The number of ether oxygens (including phenoxy) is 1. The van der Waals surface area contributed by atoms with E-state index in [1.54, 1.807) is 4.90 Å². The SMILES string of the molecule is COC(=O)[C@H]1C[C@H]2CN(C(=O)c3ncc[nH]c3=O)CC(=O)N2[C@H]1c1ccccc1. The molecule has 0 radical (unpaired) electrons. The second-order valence-electron chi connectivity index (χ2n) is 7.13. The molecule has 2 aliphatic rings. The molecule has 0 saturated carbocycles. The molecule has 9 nitrogen and oxygen atoms in total. The Kier molecular flexibility index (Phi) is 4.87. The number of amides is 2. The number of esters is 1. The van der Waals surface area contributed by atoms with Crippen LogP contribution in [-0.2, 0) is 14.3 Å². The molecule has 0 aliphatic carbocycles. The van der Waals surface area contributed by atoms with E-state index in [1.165, 1.54) is 24.4 Å². The van der Waals surface area contributed by atoms with E-state index in [0.717, 1.165) is 5.56 Å². The van der Waals surface area contributed by atoms with Crippen LogP contribution in [0.2, 0.25) is 0 Å². The van der Waals surface area contributed by atoms with Gasteiger partial charge in [0.05, 0.1) is 25.1 Å². The molecular formula is C20H20N4O5. The quantitative estimate of drug-likeness (QED) is 0.750. The number of nitrogens with zero attached hydrogens (tertiary/aromatic N) is 3. The number of H-pyrrole nitrogens is 1. The van der Waals surface area contributed by atoms with Gasteiger partial charge in [0.2, 0.25) is 5.91 Å². The normalized spacial score (nSPS) is 23.6. The summed E-state index contributed by atoms with van der Waals surface area (Å²) in [6.45, 7) is 0.0417. The molecule has 3 atom stereocenters. The second kappa shape index (κ2) is 7.50. The molecule has 3 heterocycles. The predicted molar refractivity (Wildman–Crippen MR) is 101 cm³/mol. The molecule has 150 valence electrons. The largest absolute Gasteiger partial charge is 0.469 e. The Bertz CT molecular complexity index is 1010. The fourth-order valence-corrected chi connectivity index (χ4v) is 4.27. The molecule has 2 amide bonds. The Morgan fingerprint density at radius 2 is 1.97 bits per heavy atom. The van der Waals surface area contributed by atoms with Crippen LogP contribution in [0.15, 0.2) is 47.5 Å². The van der Waals surface area contributed by atoms with Crippen LogP contribution in [0.25, 0.3) is 0 Å². The molecule has 29 heavy (non-hydrogen) atoms. The zero-order valence-corrected chi connectivity index (χ0v) is 15.8. The van der Waals surface area contributed by atoms with Crippen molar-refractivity contribution in [3.8, 4) is 0 Å². The fourth-order valence-electron chi connectivity index (χ4n) is 4.27. The van der Waals surface area contributed by atoms with Gasteiger partial charge >= 0.3 is 5.97 Å². The first-order valence-electron chi connectivity index (χ1n) is 9.28. The van der Waals surface area contributed by atoms with Crippen molar-refractivity contribution in [1.82, 2.24) is 19.8 Å². The first kappa shape index (κ1) is 18.9. The number of methoxy groups -OCH3 is 1. The van der Waals surface area contributed by atoms with E-state index in [2.05, 4.69) is 9.97 Å². The maximum Gasteiger partial charge on any atom is 0.311 e. The number of aromatic nitrogens is 2. The third kappa shape index (κ3) is 3.28. The molecule has 0 bridgehead atoms. The Labute approximate surface area is 166 Å². The molecule has 4 rings (SSSR count). The summed E-state index contributed by atoms with van der Waals surface area (Å²) in [5.74, 6) is -1.79. The van der Waals surface area contributed by atoms with Crippen molar-refractivity contribution in [3.63, 3.8) is 0 Å². The Morgan fingerprint density at radius 3 is 2.66 bits per heavy atom. The van der Waals surface area contributed by atoms with Gasteiger partial charge in [-0.05, 0) is 12.0 Å². The summed E-state index contributed by atoms with van der Waals surface area (Å²) >= 11 is 0. The van der Waals surface area contributed by atoms with Gasteiger partial charge in [0.15, 0.2) is 5.69 Å². The first-order valence-corrected chi connectivity index (χ1v) is 9.28. The molecule has 1 N–H and O–H groups in total. The van der Waals surface area contributed by atoms with Gasteiger partial charge in [-0.1, -0.05) is 30.3 Å². The van der Waals surface area contributed by atoms with Gasteiger partial charge < -0.3 is 19.5 Å². The van der Waals surface area contributed by atoms with Crippen molar-refractivity contribution in [3.05, 3.63) is 64.3 Å². The number of benzene rings is 1. The number of piperazine rings is 1. The molecule has 2 aromatic rings. The second-order valence-corrected chi connectivity index (χ2v) is 7.13. The molecule has 1 aromatic heterocycles. The lowest BCUT2D eigenvalue weighted by atomic mass is 9.93. The standard InChI is InChI=1S/C20H20N4O5/c1-29-20(28)14-9-13-10-23(19(27)16-18(26)22-8-7-21-16)11-15(25)24(13)17(14)12-5-3-2-4-6-12/h2-8,13-14,17H,9-11H2,1H3,(H,22,26)/t13-,14-,17-/m0/s1. The number of carbonyl (C=O) groups is 3. The number of hydrogen-bond acceptors (Lipinski definition) is 6. The summed E-state index contributed by atoms with van der Waals surface area (Å²) in [5.41, 5.74) is -0.0102. The number of rotatable bonds is 3. The van der Waals surface area contributed by atoms with Crippen LogP contribution >= 0.6 is 0 Å². The van der Waals surface area contributed by atoms with Gasteiger partial charge in [0.1, 0.15) is 6.54 Å². The molecule has 2 saturated heterocycles. The highest BCUT2D eigenvalue weighted by molar-refractivity contribution is 5.95. The lowest BCUT2D eigenvalue weighted by molar-refractivity contribution is -0.147. The Hall–Kier alpha value is -3.49. The zero-order chi connectivity index (χ0) is 20.5. The van der Waals surface area contributed by atoms with Crippen LogP contribution < -0.4 is 5.56 Å². The Morgan fingerprint density at radius 1 is 1.21 bits per heavy atom. The highest BCUT2D eigenvalue weighted by atomic mass is 16.5. The molecule has 1 aromatic carbocycles. The van der Waals surface area contributed by atoms with Crippen LogP contribution in [0.3, 0.4) is 0 Å². The predicted octanol–water partition coefficient (Wildman–Crippen LogP) is 0.357. The number of carbonyl (C=O) groups excluding carboxylic acids is 3. The molecular weight excluding hydrogens is 376 g/mol. The van der Waals surface area contributed by atoms with Crippen molar-refractivity contribution in [2.24, 2.45) is 5.92 Å². The van der Waals surface area contributed by atoms with E-state index in [-0.39, 0.29) is 36.7 Å². The minimum atomic E-state index is -0.603. The van der Waals surface area contributed by atoms with E-state index in [9.17, 15) is 19.2 Å². The van der Waals surface area contributed by atoms with Gasteiger partial charge in [-0.15, -0.1) is 0 Å². The summed E-state index contributed by atoms with van der Waals surface area (Å²) in [6.07, 6.45) is 3.03. The Balaban J connectivity index is 1.64. The minimum Gasteiger partial charge on any atom is -0.469 e. The van der Waals surface area contributed by atoms with Crippen molar-refractivity contribution in [2.45, 2.75) is 18.5 Å².